The van der Waals surface area contributed by atoms with Crippen LogP contribution in [0.15, 0.2) is 89.1 Å². The Labute approximate surface area is 346 Å². The maximum Gasteiger partial charge on any atom is 0.326 e. The second-order valence-electron chi connectivity index (χ2n) is 15.2. The zero-order valence-electron chi connectivity index (χ0n) is 32.3. The summed E-state index contributed by atoms with van der Waals surface area (Å²) in [4.78, 5) is 30.9. The fraction of sp³-hybridized carbons (Fsp3) is 0.318. The number of aliphatic carboxylic acids is 1. The van der Waals surface area contributed by atoms with E-state index in [0.717, 1.165) is 38.1 Å². The molecule has 4 aromatic carbocycles. The van der Waals surface area contributed by atoms with Crippen LogP contribution >= 0.6 is 11.3 Å². The van der Waals surface area contributed by atoms with E-state index < -0.39 is 40.1 Å². The molecular formula is C44H43N5O8S2. The third kappa shape index (κ3) is 8.61. The Morgan fingerprint density at radius 3 is 2.34 bits per heavy atom. The first kappa shape index (κ1) is 39.9. The maximum absolute atomic E-state index is 14.4. The maximum atomic E-state index is 14.4. The first-order chi connectivity index (χ1) is 28.4. The molecule has 0 bridgehead atoms. The van der Waals surface area contributed by atoms with Gasteiger partial charge in [-0.05, 0) is 102 Å². The Morgan fingerprint density at radius 1 is 1.02 bits per heavy atom. The van der Waals surface area contributed by atoms with Gasteiger partial charge in [-0.2, -0.15) is 9.57 Å². The number of amides is 1. The Kier molecular flexibility index (Phi) is 11.3. The number of sulfonamides is 1. The fourth-order valence-electron chi connectivity index (χ4n) is 7.96. The standard InChI is InChI=1S/C44H43N5O8S2/c1-26-43(58-44(46)47-26)59(53,54)49-23-34-21-39-38(56-25-40(57-39)32-14-16-35(17-15-32)55-24-29-4-2-3-5-29)20-33(34)19-37(49)41(50)48-36(42(51)52)18-27-6-10-30(11-7-27)31-12-8-28(22-45)9-13-31/h6-17,20-21,29,36-37,40H,2-5,18-19,23-25H2,1H3,(H2,46,47)(H,48,50)(H,51,52)/t36-,37?,40+/m0/s1. The van der Waals surface area contributed by atoms with Crippen LogP contribution < -0.4 is 25.3 Å². The summed E-state index contributed by atoms with van der Waals surface area (Å²) in [5, 5.41) is 22.1. The van der Waals surface area contributed by atoms with Crippen molar-refractivity contribution in [3.05, 3.63) is 118 Å². The van der Waals surface area contributed by atoms with Crippen molar-refractivity contribution < 1.29 is 37.3 Å². The molecule has 59 heavy (non-hydrogen) atoms. The van der Waals surface area contributed by atoms with Crippen molar-refractivity contribution in [3.8, 4) is 34.4 Å². The summed E-state index contributed by atoms with van der Waals surface area (Å²) >= 11 is 0.806. The van der Waals surface area contributed by atoms with E-state index in [-0.39, 0.29) is 41.0 Å². The molecule has 3 atom stereocenters. The number of ether oxygens (including phenoxy) is 3. The van der Waals surface area contributed by atoms with Gasteiger partial charge in [-0.15, -0.1) is 0 Å². The van der Waals surface area contributed by atoms with Gasteiger partial charge in [0.15, 0.2) is 26.9 Å². The molecule has 3 aliphatic rings. The van der Waals surface area contributed by atoms with Crippen LogP contribution in [-0.2, 0) is 39.0 Å². The predicted molar refractivity (Wildman–Crippen MR) is 221 cm³/mol. The van der Waals surface area contributed by atoms with E-state index in [9.17, 15) is 23.1 Å². The minimum atomic E-state index is -4.35. The average Bonchev–Trinajstić information content (AvgIpc) is 3.90. The summed E-state index contributed by atoms with van der Waals surface area (Å²) in [5.41, 5.74) is 11.3. The molecule has 0 spiro atoms. The topological polar surface area (TPSA) is 194 Å². The number of thiazole rings is 1. The summed E-state index contributed by atoms with van der Waals surface area (Å²) < 4.78 is 48.4. The Morgan fingerprint density at radius 2 is 1.69 bits per heavy atom. The van der Waals surface area contributed by atoms with Gasteiger partial charge >= 0.3 is 5.97 Å². The molecule has 0 radical (unpaired) electrons. The number of fused-ring (bicyclic) bond motifs is 2. The summed E-state index contributed by atoms with van der Waals surface area (Å²) in [6, 6.07) is 25.1. The molecule has 1 saturated carbocycles. The average molecular weight is 834 g/mol. The van der Waals surface area contributed by atoms with E-state index >= 15 is 0 Å². The van der Waals surface area contributed by atoms with Gasteiger partial charge in [0.05, 0.1) is 23.9 Å². The number of carbonyl (C=O) groups is 2. The number of hydrogen-bond donors (Lipinski definition) is 3. The van der Waals surface area contributed by atoms with E-state index in [1.807, 2.05) is 48.5 Å². The summed E-state index contributed by atoms with van der Waals surface area (Å²) in [7, 11) is -4.35. The quantitative estimate of drug-likeness (QED) is 0.123. The van der Waals surface area contributed by atoms with Gasteiger partial charge in [0.25, 0.3) is 10.0 Å². The molecule has 13 nitrogen and oxygen atoms in total. The van der Waals surface area contributed by atoms with Crippen LogP contribution in [0.2, 0.25) is 0 Å². The molecule has 1 aromatic heterocycles. The molecule has 304 valence electrons. The Balaban J connectivity index is 1.01. The van der Waals surface area contributed by atoms with Crippen LogP contribution in [0.1, 0.15) is 65.3 Å². The van der Waals surface area contributed by atoms with Crippen molar-refractivity contribution in [3.63, 3.8) is 0 Å². The molecule has 1 unspecified atom stereocenters. The number of benzene rings is 4. The normalized spacial score (nSPS) is 18.4. The number of anilines is 1. The first-order valence-corrected chi connectivity index (χ1v) is 21.8. The molecule has 15 heteroatoms. The van der Waals surface area contributed by atoms with Crippen LogP contribution in [0, 0.1) is 24.2 Å². The Bertz CT molecular complexity index is 2510. The number of nitrogen functional groups attached to an aromatic ring is 1. The molecule has 4 N–H and O–H groups in total. The third-order valence-electron chi connectivity index (χ3n) is 11.2. The van der Waals surface area contributed by atoms with Gasteiger partial charge in [0.1, 0.15) is 24.4 Å². The number of nitrogens with zero attached hydrogens (tertiary/aromatic N) is 3. The summed E-state index contributed by atoms with van der Waals surface area (Å²) in [6.07, 6.45) is 4.40. The number of carbonyl (C=O) groups excluding carboxylic acids is 1. The van der Waals surface area contributed by atoms with E-state index in [1.54, 1.807) is 36.4 Å². The molecule has 2 aliphatic heterocycles. The molecule has 0 saturated heterocycles. The zero-order valence-corrected chi connectivity index (χ0v) is 33.9. The molecule has 1 fully saturated rings. The van der Waals surface area contributed by atoms with Crippen molar-refractivity contribution >= 4 is 38.4 Å². The van der Waals surface area contributed by atoms with Crippen LogP contribution in [0.3, 0.4) is 0 Å². The van der Waals surface area contributed by atoms with E-state index in [2.05, 4.69) is 16.4 Å². The number of rotatable bonds is 12. The lowest BCUT2D eigenvalue weighted by Crippen LogP contribution is -2.55. The van der Waals surface area contributed by atoms with Crippen molar-refractivity contribution in [2.45, 2.75) is 74.4 Å². The van der Waals surface area contributed by atoms with Gasteiger partial charge in [-0.3, -0.25) is 4.79 Å². The smallest absolute Gasteiger partial charge is 0.326 e. The van der Waals surface area contributed by atoms with Crippen LogP contribution in [0.5, 0.6) is 17.2 Å². The van der Waals surface area contributed by atoms with Gasteiger partial charge in [0, 0.05) is 13.0 Å². The fourth-order valence-corrected chi connectivity index (χ4v) is 10.9. The number of nitrogens with one attached hydrogen (secondary N) is 1. The van der Waals surface area contributed by atoms with Crippen molar-refractivity contribution in [1.82, 2.24) is 14.6 Å². The van der Waals surface area contributed by atoms with E-state index in [4.69, 9.17) is 25.2 Å². The predicted octanol–water partition coefficient (Wildman–Crippen LogP) is 6.58. The Hall–Kier alpha value is -5.95. The number of nitriles is 1. The lowest BCUT2D eigenvalue weighted by molar-refractivity contribution is -0.142. The van der Waals surface area contributed by atoms with Gasteiger partial charge in [-0.1, -0.05) is 72.7 Å². The second kappa shape index (κ2) is 16.7. The summed E-state index contributed by atoms with van der Waals surface area (Å²) in [5.74, 6) is 0.273. The van der Waals surface area contributed by atoms with Crippen molar-refractivity contribution in [1.29, 1.82) is 5.26 Å². The molecule has 3 heterocycles. The highest BCUT2D eigenvalue weighted by molar-refractivity contribution is 7.91. The minimum absolute atomic E-state index is 0.0503. The summed E-state index contributed by atoms with van der Waals surface area (Å²) in [6.45, 7) is 2.29. The first-order valence-electron chi connectivity index (χ1n) is 19.5. The molecular weight excluding hydrogens is 791 g/mol. The third-order valence-corrected chi connectivity index (χ3v) is 14.6. The lowest BCUT2D eigenvalue weighted by atomic mass is 9.94. The number of carboxylic acid groups (broad SMARTS) is 1. The number of aryl methyl sites for hydroxylation is 1. The van der Waals surface area contributed by atoms with Crippen LogP contribution in [0.25, 0.3) is 11.1 Å². The lowest BCUT2D eigenvalue weighted by Gasteiger charge is -2.36. The molecule has 5 aromatic rings. The monoisotopic (exact) mass is 833 g/mol. The number of hydrogen-bond acceptors (Lipinski definition) is 11. The van der Waals surface area contributed by atoms with Crippen molar-refractivity contribution in [2.24, 2.45) is 5.92 Å². The van der Waals surface area contributed by atoms with Crippen LogP contribution in [0.4, 0.5) is 5.13 Å². The van der Waals surface area contributed by atoms with Crippen molar-refractivity contribution in [2.75, 3.05) is 18.9 Å². The zero-order chi connectivity index (χ0) is 41.3. The van der Waals surface area contributed by atoms with Crippen LogP contribution in [-0.4, -0.2) is 60.0 Å². The highest BCUT2D eigenvalue weighted by atomic mass is 32.2. The van der Waals surface area contributed by atoms with Gasteiger partial charge in [-0.25, -0.2) is 18.2 Å². The largest absolute Gasteiger partial charge is 0.493 e. The highest BCUT2D eigenvalue weighted by Gasteiger charge is 2.43. The minimum Gasteiger partial charge on any atom is -0.493 e. The van der Waals surface area contributed by atoms with E-state index in [1.165, 1.54) is 32.6 Å². The number of nitrogens with two attached hydrogens (primary N) is 1. The SMILES string of the molecule is Cc1nc(N)sc1S(=O)(=O)N1Cc2cc3c(cc2CC1C(=O)N[C@@H](Cc1ccc(-c2ccc(C#N)cc2)cc1)C(=O)O)OC[C@H](c1ccc(OCC2CCCC2)cc1)O3. The number of carboxylic acids is 1. The number of aromatic nitrogens is 1. The van der Waals surface area contributed by atoms with Gasteiger partial charge < -0.3 is 30.4 Å². The van der Waals surface area contributed by atoms with Gasteiger partial charge in [0.2, 0.25) is 5.91 Å². The highest BCUT2D eigenvalue weighted by Crippen LogP contribution is 2.42. The van der Waals surface area contributed by atoms with E-state index in [0.29, 0.717) is 46.3 Å². The molecule has 8 rings (SSSR count). The molecule has 1 amide bonds. The second-order valence-corrected chi connectivity index (χ2v) is 18.3. The molecule has 1 aliphatic carbocycles.